The lowest BCUT2D eigenvalue weighted by Crippen LogP contribution is -2.29. The fourth-order valence-electron chi connectivity index (χ4n) is 4.01. The van der Waals surface area contributed by atoms with E-state index >= 15 is 0 Å². The van der Waals surface area contributed by atoms with E-state index in [0.717, 1.165) is 5.56 Å². The second kappa shape index (κ2) is 9.66. The summed E-state index contributed by atoms with van der Waals surface area (Å²) in [6.07, 6.45) is 3.27. The number of Topliss-reactive ketones (excluding diaryl/α,β-unsaturated/α-hetero) is 1. The van der Waals surface area contributed by atoms with Crippen LogP contribution in [0.1, 0.15) is 22.7 Å². The summed E-state index contributed by atoms with van der Waals surface area (Å²) >= 11 is 0. The van der Waals surface area contributed by atoms with Gasteiger partial charge in [-0.1, -0.05) is 18.2 Å². The molecule has 1 aliphatic heterocycles. The van der Waals surface area contributed by atoms with Crippen LogP contribution in [0.15, 0.2) is 72.6 Å². The smallest absolute Gasteiger partial charge is 0.295 e. The van der Waals surface area contributed by atoms with Crippen molar-refractivity contribution in [2.45, 2.75) is 12.6 Å². The number of hydrogen-bond acceptors (Lipinski definition) is 7. The van der Waals surface area contributed by atoms with Gasteiger partial charge >= 0.3 is 0 Å². The van der Waals surface area contributed by atoms with Crippen molar-refractivity contribution in [2.24, 2.45) is 0 Å². The quantitative estimate of drug-likeness (QED) is 0.326. The van der Waals surface area contributed by atoms with E-state index in [0.29, 0.717) is 22.8 Å². The Bertz CT molecular complexity index is 1240. The third-order valence-corrected chi connectivity index (χ3v) is 5.71. The molecule has 1 amide bonds. The third-order valence-electron chi connectivity index (χ3n) is 5.71. The second-order valence-electron chi connectivity index (χ2n) is 7.63. The number of ketones is 1. The molecular formula is C26H24N2O6. The molecule has 1 saturated heterocycles. The fraction of sp³-hybridized carbons (Fsp3) is 0.192. The van der Waals surface area contributed by atoms with Gasteiger partial charge in [0.05, 0.1) is 38.5 Å². The van der Waals surface area contributed by atoms with Crippen LogP contribution in [0.5, 0.6) is 17.2 Å². The zero-order valence-electron chi connectivity index (χ0n) is 19.0. The number of amides is 1. The topological polar surface area (TPSA) is 98.2 Å². The van der Waals surface area contributed by atoms with Gasteiger partial charge in [-0.25, -0.2) is 0 Å². The first kappa shape index (κ1) is 22.8. The normalized spacial score (nSPS) is 17.0. The number of carbonyl (C=O) groups excluding carboxylic acids is 2. The summed E-state index contributed by atoms with van der Waals surface area (Å²) in [7, 11) is 4.51. The van der Waals surface area contributed by atoms with Crippen molar-refractivity contribution < 1.29 is 28.9 Å². The number of likely N-dealkylation sites (tertiary alicyclic amines) is 1. The third kappa shape index (κ3) is 4.17. The summed E-state index contributed by atoms with van der Waals surface area (Å²) in [5.41, 5.74) is 1.61. The highest BCUT2D eigenvalue weighted by molar-refractivity contribution is 6.46. The van der Waals surface area contributed by atoms with Crippen molar-refractivity contribution in [1.82, 2.24) is 9.88 Å². The lowest BCUT2D eigenvalue weighted by Gasteiger charge is -2.25. The van der Waals surface area contributed by atoms with Gasteiger partial charge in [-0.2, -0.15) is 0 Å². The monoisotopic (exact) mass is 460 g/mol. The summed E-state index contributed by atoms with van der Waals surface area (Å²) in [6.45, 7) is 0.140. The van der Waals surface area contributed by atoms with E-state index in [9.17, 15) is 14.7 Å². The number of carbonyl (C=O) groups is 2. The van der Waals surface area contributed by atoms with Gasteiger partial charge in [0.2, 0.25) is 0 Å². The predicted octanol–water partition coefficient (Wildman–Crippen LogP) is 3.73. The van der Waals surface area contributed by atoms with Crippen LogP contribution in [-0.2, 0) is 16.1 Å². The van der Waals surface area contributed by atoms with E-state index in [1.54, 1.807) is 68.0 Å². The van der Waals surface area contributed by atoms with Crippen molar-refractivity contribution in [3.63, 3.8) is 0 Å². The average molecular weight is 460 g/mol. The van der Waals surface area contributed by atoms with Crippen LogP contribution in [0.4, 0.5) is 0 Å². The van der Waals surface area contributed by atoms with E-state index in [4.69, 9.17) is 14.2 Å². The summed E-state index contributed by atoms with van der Waals surface area (Å²) < 4.78 is 15.9. The van der Waals surface area contributed by atoms with Crippen LogP contribution in [0, 0.1) is 0 Å². The van der Waals surface area contributed by atoms with E-state index in [1.807, 2.05) is 6.07 Å². The highest BCUT2D eigenvalue weighted by Crippen LogP contribution is 2.42. The van der Waals surface area contributed by atoms with Crippen molar-refractivity contribution >= 4 is 17.4 Å². The molecule has 2 aromatic carbocycles. The molecule has 1 aliphatic rings. The van der Waals surface area contributed by atoms with E-state index < -0.39 is 17.7 Å². The Morgan fingerprint density at radius 2 is 1.68 bits per heavy atom. The Morgan fingerprint density at radius 3 is 2.29 bits per heavy atom. The molecule has 8 nitrogen and oxygen atoms in total. The van der Waals surface area contributed by atoms with Gasteiger partial charge in [0.25, 0.3) is 11.7 Å². The highest BCUT2D eigenvalue weighted by atomic mass is 16.5. The summed E-state index contributed by atoms with van der Waals surface area (Å²) in [4.78, 5) is 32.0. The molecule has 0 radical (unpaired) electrons. The molecule has 0 spiro atoms. The van der Waals surface area contributed by atoms with E-state index in [1.165, 1.54) is 19.1 Å². The molecule has 1 unspecified atom stereocenters. The number of aliphatic hydroxyl groups excluding tert-OH is 1. The Labute approximate surface area is 197 Å². The lowest BCUT2D eigenvalue weighted by atomic mass is 9.94. The van der Waals surface area contributed by atoms with Crippen molar-refractivity contribution in [1.29, 1.82) is 0 Å². The van der Waals surface area contributed by atoms with Crippen LogP contribution in [0.25, 0.3) is 5.76 Å². The molecule has 0 bridgehead atoms. The van der Waals surface area contributed by atoms with Gasteiger partial charge in [-0.05, 0) is 47.5 Å². The van der Waals surface area contributed by atoms with Gasteiger partial charge in [0.1, 0.15) is 23.0 Å². The molecule has 3 aromatic rings. The summed E-state index contributed by atoms with van der Waals surface area (Å²) in [6, 6.07) is 14.6. The maximum absolute atomic E-state index is 13.3. The number of aliphatic hydroxyl groups is 1. The van der Waals surface area contributed by atoms with E-state index in [-0.39, 0.29) is 23.4 Å². The standard InChI is InChI=1S/C26H24N2O6/c1-32-18-8-6-17(7-9-18)23-22(24(29)20-13-19(33-2)10-11-21(20)34-3)25(30)26(31)28(23)15-16-5-4-12-27-14-16/h4-14,23,29H,15H2,1-3H3/b24-22+. The molecule has 2 heterocycles. The number of ether oxygens (including phenoxy) is 3. The number of pyridine rings is 1. The van der Waals surface area contributed by atoms with Crippen LogP contribution >= 0.6 is 0 Å². The van der Waals surface area contributed by atoms with Crippen LogP contribution in [-0.4, -0.2) is 48.0 Å². The van der Waals surface area contributed by atoms with Crippen LogP contribution in [0.3, 0.4) is 0 Å². The molecule has 1 N–H and O–H groups in total. The zero-order chi connectivity index (χ0) is 24.2. The number of methoxy groups -OCH3 is 3. The molecule has 174 valence electrons. The predicted molar refractivity (Wildman–Crippen MR) is 125 cm³/mol. The minimum Gasteiger partial charge on any atom is -0.507 e. The zero-order valence-corrected chi connectivity index (χ0v) is 19.0. The molecule has 8 heteroatoms. The maximum Gasteiger partial charge on any atom is 0.295 e. The first-order chi connectivity index (χ1) is 16.5. The van der Waals surface area contributed by atoms with Crippen LogP contribution < -0.4 is 14.2 Å². The second-order valence-corrected chi connectivity index (χ2v) is 7.63. The molecule has 1 atom stereocenters. The Morgan fingerprint density at radius 1 is 0.971 bits per heavy atom. The van der Waals surface area contributed by atoms with Crippen LogP contribution in [0.2, 0.25) is 0 Å². The summed E-state index contributed by atoms with van der Waals surface area (Å²) in [5, 5.41) is 11.4. The Kier molecular flexibility index (Phi) is 6.49. The number of aromatic nitrogens is 1. The molecule has 34 heavy (non-hydrogen) atoms. The first-order valence-electron chi connectivity index (χ1n) is 10.5. The van der Waals surface area contributed by atoms with Gasteiger partial charge < -0.3 is 24.2 Å². The van der Waals surface area contributed by atoms with Crippen molar-refractivity contribution in [3.05, 3.63) is 89.3 Å². The van der Waals surface area contributed by atoms with Gasteiger partial charge in [-0.15, -0.1) is 0 Å². The lowest BCUT2D eigenvalue weighted by molar-refractivity contribution is -0.140. The minimum absolute atomic E-state index is 0.0365. The number of benzene rings is 2. The minimum atomic E-state index is -0.831. The Hall–Kier alpha value is -4.33. The SMILES string of the molecule is COc1ccc(C2/C(=C(\O)c3cc(OC)ccc3OC)C(=O)C(=O)N2Cc2cccnc2)cc1. The van der Waals surface area contributed by atoms with Crippen molar-refractivity contribution in [2.75, 3.05) is 21.3 Å². The fourth-order valence-corrected chi connectivity index (χ4v) is 4.01. The molecular weight excluding hydrogens is 436 g/mol. The van der Waals surface area contributed by atoms with Gasteiger partial charge in [-0.3, -0.25) is 14.6 Å². The number of nitrogens with zero attached hydrogens (tertiary/aromatic N) is 2. The molecule has 0 aliphatic carbocycles. The molecule has 1 aromatic heterocycles. The van der Waals surface area contributed by atoms with Gasteiger partial charge in [0.15, 0.2) is 0 Å². The largest absolute Gasteiger partial charge is 0.507 e. The maximum atomic E-state index is 13.3. The molecule has 4 rings (SSSR count). The highest BCUT2D eigenvalue weighted by Gasteiger charge is 2.46. The van der Waals surface area contributed by atoms with E-state index in [2.05, 4.69) is 4.98 Å². The summed E-state index contributed by atoms with van der Waals surface area (Å²) in [5.74, 6) is -0.413. The number of hydrogen-bond donors (Lipinski definition) is 1. The van der Waals surface area contributed by atoms with Gasteiger partial charge in [0, 0.05) is 18.9 Å². The van der Waals surface area contributed by atoms with Crippen molar-refractivity contribution in [3.8, 4) is 17.2 Å². The number of rotatable bonds is 7. The Balaban J connectivity index is 1.90. The average Bonchev–Trinajstić information content (AvgIpc) is 3.13. The first-order valence-corrected chi connectivity index (χ1v) is 10.5. The molecule has 1 fully saturated rings. The molecule has 0 saturated carbocycles.